The highest BCUT2D eigenvalue weighted by Gasteiger charge is 2.20. The maximum absolute atomic E-state index is 11.2. The Morgan fingerprint density at radius 3 is 2.81 bits per heavy atom. The van der Waals surface area contributed by atoms with Crippen LogP contribution >= 0.6 is 15.9 Å². The molecule has 0 atom stereocenters. The molecule has 0 saturated carbocycles. The minimum atomic E-state index is -0.315. The molecule has 1 aromatic heterocycles. The van der Waals surface area contributed by atoms with Crippen molar-refractivity contribution in [2.24, 2.45) is 5.73 Å². The number of aryl methyl sites for hydroxylation is 1. The minimum Gasteiger partial charge on any atom is -0.366 e. The van der Waals surface area contributed by atoms with Gasteiger partial charge in [0.2, 0.25) is 5.91 Å². The number of carbonyl (C=O) groups excluding carboxylic acids is 1. The molecule has 5 heteroatoms. The van der Waals surface area contributed by atoms with E-state index in [0.29, 0.717) is 13.0 Å². The summed E-state index contributed by atoms with van der Waals surface area (Å²) in [6, 6.07) is 8.11. The van der Waals surface area contributed by atoms with Crippen molar-refractivity contribution in [2.75, 3.05) is 18.0 Å². The van der Waals surface area contributed by atoms with Crippen molar-refractivity contribution < 1.29 is 4.79 Å². The molecule has 0 saturated heterocycles. The van der Waals surface area contributed by atoms with Gasteiger partial charge in [-0.1, -0.05) is 24.3 Å². The summed E-state index contributed by atoms with van der Waals surface area (Å²) in [7, 11) is 0. The smallest absolute Gasteiger partial charge is 0.244 e. The molecule has 108 valence electrons. The highest BCUT2D eigenvalue weighted by molar-refractivity contribution is 9.10. The summed E-state index contributed by atoms with van der Waals surface area (Å²) in [4.78, 5) is 18.1. The fraction of sp³-hybridized carbons (Fsp3) is 0.250. The van der Waals surface area contributed by atoms with E-state index in [1.165, 1.54) is 0 Å². The van der Waals surface area contributed by atoms with Gasteiger partial charge in [-0.2, -0.15) is 0 Å². The summed E-state index contributed by atoms with van der Waals surface area (Å²) in [5, 5.41) is 1.12. The molecule has 1 amide bonds. The van der Waals surface area contributed by atoms with Gasteiger partial charge in [0.1, 0.15) is 0 Å². The van der Waals surface area contributed by atoms with Crippen molar-refractivity contribution >= 4 is 38.4 Å². The third-order valence-electron chi connectivity index (χ3n) is 3.81. The van der Waals surface area contributed by atoms with Crippen molar-refractivity contribution in [3.63, 3.8) is 0 Å². The summed E-state index contributed by atoms with van der Waals surface area (Å²) < 4.78 is 1.01. The first-order valence-electron chi connectivity index (χ1n) is 6.86. The molecule has 2 N–H and O–H groups in total. The molecule has 0 unspecified atom stereocenters. The lowest BCUT2D eigenvalue weighted by molar-refractivity contribution is -0.114. The number of pyridine rings is 1. The van der Waals surface area contributed by atoms with Crippen LogP contribution in [0.3, 0.4) is 0 Å². The maximum Gasteiger partial charge on any atom is 0.244 e. The van der Waals surface area contributed by atoms with Gasteiger partial charge in [0.05, 0.1) is 21.4 Å². The van der Waals surface area contributed by atoms with Crippen LogP contribution in [0.1, 0.15) is 12.1 Å². The second-order valence-electron chi connectivity index (χ2n) is 5.17. The molecule has 1 aromatic carbocycles. The van der Waals surface area contributed by atoms with E-state index in [1.807, 2.05) is 31.2 Å². The molecule has 1 aliphatic rings. The number of nitrogens with two attached hydrogens (primary N) is 1. The average Bonchev–Trinajstić information content (AvgIpc) is 2.49. The van der Waals surface area contributed by atoms with Crippen molar-refractivity contribution in [2.45, 2.75) is 13.3 Å². The lowest BCUT2D eigenvalue weighted by Gasteiger charge is -2.30. The molecule has 1 aliphatic heterocycles. The van der Waals surface area contributed by atoms with Crippen LogP contribution in [-0.2, 0) is 4.79 Å². The van der Waals surface area contributed by atoms with Crippen LogP contribution in [0.2, 0.25) is 0 Å². The molecule has 21 heavy (non-hydrogen) atoms. The van der Waals surface area contributed by atoms with Crippen LogP contribution in [-0.4, -0.2) is 24.0 Å². The predicted molar refractivity (Wildman–Crippen MR) is 88.3 cm³/mol. The van der Waals surface area contributed by atoms with Gasteiger partial charge in [-0.25, -0.2) is 0 Å². The van der Waals surface area contributed by atoms with Crippen LogP contribution in [0.25, 0.3) is 10.9 Å². The molecule has 0 bridgehead atoms. The summed E-state index contributed by atoms with van der Waals surface area (Å²) >= 11 is 3.66. The summed E-state index contributed by atoms with van der Waals surface area (Å²) in [6.45, 7) is 3.46. The number of rotatable bonds is 2. The monoisotopic (exact) mass is 345 g/mol. The van der Waals surface area contributed by atoms with E-state index < -0.39 is 0 Å². The molecule has 0 radical (unpaired) electrons. The molecule has 3 rings (SSSR count). The first-order chi connectivity index (χ1) is 10.1. The fourth-order valence-electron chi connectivity index (χ4n) is 2.70. The van der Waals surface area contributed by atoms with Crippen molar-refractivity contribution in [1.82, 2.24) is 4.98 Å². The van der Waals surface area contributed by atoms with Gasteiger partial charge >= 0.3 is 0 Å². The molecular weight excluding hydrogens is 330 g/mol. The minimum absolute atomic E-state index is 0.315. The van der Waals surface area contributed by atoms with Gasteiger partial charge in [-0.15, -0.1) is 0 Å². The van der Waals surface area contributed by atoms with E-state index in [9.17, 15) is 4.79 Å². The number of amides is 1. The Kier molecular flexibility index (Phi) is 3.68. The van der Waals surface area contributed by atoms with Crippen molar-refractivity contribution in [3.05, 3.63) is 46.1 Å². The first-order valence-corrected chi connectivity index (χ1v) is 7.66. The quantitative estimate of drug-likeness (QED) is 0.910. The second-order valence-corrected chi connectivity index (χ2v) is 5.96. The van der Waals surface area contributed by atoms with E-state index in [-0.39, 0.29) is 5.91 Å². The molecule has 2 heterocycles. The van der Waals surface area contributed by atoms with Crippen LogP contribution in [0.5, 0.6) is 0 Å². The number of hydrogen-bond acceptors (Lipinski definition) is 3. The van der Waals surface area contributed by atoms with Crippen LogP contribution < -0.4 is 10.6 Å². The number of nitrogens with zero attached hydrogens (tertiary/aromatic N) is 2. The zero-order valence-corrected chi connectivity index (χ0v) is 13.4. The maximum atomic E-state index is 11.2. The van der Waals surface area contributed by atoms with Crippen LogP contribution in [0, 0.1) is 6.92 Å². The van der Waals surface area contributed by atoms with Gasteiger partial charge in [0.15, 0.2) is 0 Å². The number of hydrogen-bond donors (Lipinski definition) is 1. The number of halogens is 1. The highest BCUT2D eigenvalue weighted by Crippen LogP contribution is 2.36. The number of carbonyl (C=O) groups is 1. The lowest BCUT2D eigenvalue weighted by Crippen LogP contribution is -2.32. The number of benzene rings is 1. The van der Waals surface area contributed by atoms with E-state index >= 15 is 0 Å². The fourth-order valence-corrected chi connectivity index (χ4v) is 3.25. The van der Waals surface area contributed by atoms with Gasteiger partial charge in [0.25, 0.3) is 0 Å². The molecule has 0 fully saturated rings. The van der Waals surface area contributed by atoms with E-state index in [1.54, 1.807) is 0 Å². The Labute approximate surface area is 131 Å². The second kappa shape index (κ2) is 5.48. The zero-order chi connectivity index (χ0) is 15.0. The molecule has 4 nitrogen and oxygen atoms in total. The Bertz CT molecular complexity index is 755. The Hall–Kier alpha value is -1.88. The number of fused-ring (bicyclic) bond motifs is 1. The topological polar surface area (TPSA) is 59.2 Å². The van der Waals surface area contributed by atoms with Gasteiger partial charge in [-0.3, -0.25) is 9.78 Å². The van der Waals surface area contributed by atoms with Crippen molar-refractivity contribution in [1.29, 1.82) is 0 Å². The zero-order valence-electron chi connectivity index (χ0n) is 11.8. The van der Waals surface area contributed by atoms with E-state index in [4.69, 9.17) is 5.73 Å². The first kappa shape index (κ1) is 14.1. The van der Waals surface area contributed by atoms with Gasteiger partial charge < -0.3 is 10.6 Å². The number of aromatic nitrogens is 1. The molecular formula is C16H16BrN3O. The number of anilines is 1. The Morgan fingerprint density at radius 1 is 1.38 bits per heavy atom. The average molecular weight is 346 g/mol. The van der Waals surface area contributed by atoms with E-state index in [2.05, 4.69) is 31.9 Å². The molecule has 2 aromatic rings. The number of para-hydroxylation sites is 1. The Balaban J connectivity index is 2.09. The molecule has 0 aliphatic carbocycles. The molecule has 0 spiro atoms. The highest BCUT2D eigenvalue weighted by atomic mass is 79.9. The van der Waals surface area contributed by atoms with Crippen molar-refractivity contribution in [3.8, 4) is 0 Å². The predicted octanol–water partition coefficient (Wildman–Crippen LogP) is 2.93. The summed E-state index contributed by atoms with van der Waals surface area (Å²) in [5.41, 5.74) is 9.16. The Morgan fingerprint density at radius 2 is 2.14 bits per heavy atom. The normalized spacial score (nSPS) is 15.1. The lowest BCUT2D eigenvalue weighted by atomic mass is 10.1. The third kappa shape index (κ3) is 2.53. The number of primary amides is 1. The largest absolute Gasteiger partial charge is 0.366 e. The summed E-state index contributed by atoms with van der Waals surface area (Å²) in [6.07, 6.45) is 2.60. The van der Waals surface area contributed by atoms with Gasteiger partial charge in [-0.05, 0) is 35.3 Å². The van der Waals surface area contributed by atoms with E-state index in [0.717, 1.165) is 38.9 Å². The van der Waals surface area contributed by atoms with Gasteiger partial charge in [0, 0.05) is 24.0 Å². The third-order valence-corrected chi connectivity index (χ3v) is 4.76. The van der Waals surface area contributed by atoms with Crippen LogP contribution in [0.4, 0.5) is 5.69 Å². The summed E-state index contributed by atoms with van der Waals surface area (Å²) in [5.74, 6) is -0.315. The SMILES string of the molecule is Cc1nc2ccccc2c(N2CC=C(C(N)=O)CC2)c1Br. The standard InChI is InChI=1S/C16H16BrN3O/c1-10-14(17)15(12-4-2-3-5-13(12)19-10)20-8-6-11(7-9-20)16(18)21/h2-6H,7-9H2,1H3,(H2,18,21). The van der Waals surface area contributed by atoms with Crippen LogP contribution in [0.15, 0.2) is 40.4 Å².